The number of carbonyl (C=O) groups excluding carboxylic acids is 1. The summed E-state index contributed by atoms with van der Waals surface area (Å²) in [5.74, 6) is 3.64. The van der Waals surface area contributed by atoms with Crippen molar-refractivity contribution < 1.29 is 19.0 Å². The molecule has 0 spiro atoms. The molecule has 12 heteroatoms. The summed E-state index contributed by atoms with van der Waals surface area (Å²) in [4.78, 5) is 30.9. The minimum Gasteiger partial charge on any atom is -0.495 e. The molecular weight excluding hydrogens is 570 g/mol. The number of nitrogens with zero attached hydrogens (tertiary/aromatic N) is 6. The van der Waals surface area contributed by atoms with Crippen LogP contribution in [0.3, 0.4) is 0 Å². The van der Waals surface area contributed by atoms with Crippen molar-refractivity contribution in [2.24, 2.45) is 0 Å². The smallest absolute Gasteiger partial charge is 0.222 e. The number of carbonyl (C=O) groups is 1. The molecule has 6 rings (SSSR count). The molecule has 224 valence electrons. The fourth-order valence-corrected chi connectivity index (χ4v) is 5.81. The van der Waals surface area contributed by atoms with Crippen LogP contribution in [-0.4, -0.2) is 88.9 Å². The van der Waals surface area contributed by atoms with Crippen molar-refractivity contribution in [1.82, 2.24) is 29.7 Å². The molecule has 1 N–H and O–H groups in total. The first kappa shape index (κ1) is 28.8. The molecule has 4 aromatic rings. The fraction of sp³-hybridized carbons (Fsp3) is 0.355. The number of amides is 1. The van der Waals surface area contributed by atoms with E-state index >= 15 is 0 Å². The van der Waals surface area contributed by atoms with Gasteiger partial charge in [-0.2, -0.15) is 0 Å². The molecule has 11 nitrogen and oxygen atoms in total. The minimum atomic E-state index is -0.105. The second kappa shape index (κ2) is 13.3. The van der Waals surface area contributed by atoms with Crippen LogP contribution in [0.15, 0.2) is 73.6 Å². The summed E-state index contributed by atoms with van der Waals surface area (Å²) in [6.07, 6.45) is 7.69. The van der Waals surface area contributed by atoms with Crippen molar-refractivity contribution in [3.8, 4) is 23.1 Å². The van der Waals surface area contributed by atoms with Crippen molar-refractivity contribution in [3.63, 3.8) is 0 Å². The summed E-state index contributed by atoms with van der Waals surface area (Å²) in [5, 5.41) is 3.65. The Labute approximate surface area is 255 Å². The van der Waals surface area contributed by atoms with Crippen molar-refractivity contribution in [3.05, 3.63) is 84.2 Å². The number of methoxy groups -OCH3 is 1. The van der Waals surface area contributed by atoms with Crippen LogP contribution in [0, 0.1) is 0 Å². The van der Waals surface area contributed by atoms with E-state index in [0.29, 0.717) is 56.4 Å². The molecule has 1 saturated heterocycles. The molecule has 2 aromatic heterocycles. The largest absolute Gasteiger partial charge is 0.495 e. The van der Waals surface area contributed by atoms with Gasteiger partial charge in [-0.1, -0.05) is 29.8 Å². The van der Waals surface area contributed by atoms with E-state index in [4.69, 9.17) is 25.8 Å². The lowest BCUT2D eigenvalue weighted by atomic mass is 10.1. The van der Waals surface area contributed by atoms with Crippen molar-refractivity contribution >= 4 is 23.3 Å². The Bertz CT molecular complexity index is 1540. The first-order valence-electron chi connectivity index (χ1n) is 14.3. The minimum absolute atomic E-state index is 0.0217. The van der Waals surface area contributed by atoms with E-state index < -0.39 is 0 Å². The number of ether oxygens (including phenoxy) is 3. The highest BCUT2D eigenvalue weighted by molar-refractivity contribution is 6.32. The number of piperazine rings is 1. The number of nitrogens with one attached hydrogen (secondary N) is 1. The predicted molar refractivity (Wildman–Crippen MR) is 162 cm³/mol. The molecule has 2 unspecified atom stereocenters. The second-order valence-corrected chi connectivity index (χ2v) is 11.0. The Morgan fingerprint density at radius 1 is 1.12 bits per heavy atom. The zero-order chi connectivity index (χ0) is 29.6. The van der Waals surface area contributed by atoms with E-state index in [9.17, 15) is 4.79 Å². The van der Waals surface area contributed by atoms with Gasteiger partial charge in [0, 0.05) is 57.6 Å². The van der Waals surface area contributed by atoms with Crippen LogP contribution >= 0.6 is 11.6 Å². The number of halogens is 1. The topological polar surface area (TPSA) is 107 Å². The third-order valence-corrected chi connectivity index (χ3v) is 7.97. The van der Waals surface area contributed by atoms with E-state index in [1.54, 1.807) is 26.0 Å². The standard InChI is InChI=1S/C31H34ClN7O4/c1-41-26-7-6-22(14-25(26)32)8-9-34-31(40)15-23-17-37(18-24-19-42-27-4-2-3-5-28(27)43-24)12-13-39(23)30-16-29(35-20-36-30)38-11-10-33-21-38/h2-7,10-11,14,16,20-21,23-24H,8-9,12-13,15,17-19H2,1H3,(H,34,40). The van der Waals surface area contributed by atoms with E-state index in [-0.39, 0.29) is 18.1 Å². The van der Waals surface area contributed by atoms with Crippen molar-refractivity contribution in [2.45, 2.75) is 25.0 Å². The third-order valence-electron chi connectivity index (χ3n) is 7.67. The maximum Gasteiger partial charge on any atom is 0.222 e. The van der Waals surface area contributed by atoms with Crippen LogP contribution in [0.5, 0.6) is 17.2 Å². The number of para-hydroxylation sites is 2. The average molecular weight is 604 g/mol. The zero-order valence-electron chi connectivity index (χ0n) is 23.9. The number of aromatic nitrogens is 4. The first-order valence-corrected chi connectivity index (χ1v) is 14.7. The number of anilines is 1. The van der Waals surface area contributed by atoms with Gasteiger partial charge in [-0.25, -0.2) is 15.0 Å². The van der Waals surface area contributed by atoms with Gasteiger partial charge in [0.25, 0.3) is 0 Å². The first-order chi connectivity index (χ1) is 21.1. The van der Waals surface area contributed by atoms with Crippen LogP contribution < -0.4 is 24.4 Å². The fourth-order valence-electron chi connectivity index (χ4n) is 5.53. The molecule has 0 bridgehead atoms. The predicted octanol–water partition coefficient (Wildman–Crippen LogP) is 3.40. The number of imidazole rings is 1. The molecule has 0 saturated carbocycles. The normalized spacial score (nSPS) is 18.3. The number of rotatable bonds is 10. The Balaban J connectivity index is 1.12. The zero-order valence-corrected chi connectivity index (χ0v) is 24.7. The molecule has 2 aromatic carbocycles. The summed E-state index contributed by atoms with van der Waals surface area (Å²) in [5.41, 5.74) is 1.03. The van der Waals surface area contributed by atoms with E-state index in [1.807, 2.05) is 59.3 Å². The van der Waals surface area contributed by atoms with Crippen LogP contribution in [0.2, 0.25) is 5.02 Å². The summed E-state index contributed by atoms with van der Waals surface area (Å²) in [7, 11) is 1.59. The Morgan fingerprint density at radius 3 is 2.79 bits per heavy atom. The Kier molecular flexibility index (Phi) is 8.90. The highest BCUT2D eigenvalue weighted by atomic mass is 35.5. The molecule has 1 fully saturated rings. The maximum absolute atomic E-state index is 13.2. The molecule has 4 heterocycles. The van der Waals surface area contributed by atoms with Crippen molar-refractivity contribution in [1.29, 1.82) is 0 Å². The van der Waals surface area contributed by atoms with Crippen LogP contribution in [-0.2, 0) is 11.2 Å². The van der Waals surface area contributed by atoms with E-state index in [0.717, 1.165) is 35.2 Å². The van der Waals surface area contributed by atoms with E-state index in [2.05, 4.69) is 30.1 Å². The summed E-state index contributed by atoms with van der Waals surface area (Å²) < 4.78 is 19.3. The van der Waals surface area contributed by atoms with Gasteiger partial charge in [-0.05, 0) is 36.2 Å². The van der Waals surface area contributed by atoms with Gasteiger partial charge in [-0.3, -0.25) is 14.3 Å². The second-order valence-electron chi connectivity index (χ2n) is 10.6. The van der Waals surface area contributed by atoms with Gasteiger partial charge in [0.1, 0.15) is 42.8 Å². The number of hydrogen-bond donors (Lipinski definition) is 1. The van der Waals surface area contributed by atoms with Crippen LogP contribution in [0.1, 0.15) is 12.0 Å². The quantitative estimate of drug-likeness (QED) is 0.292. The highest BCUT2D eigenvalue weighted by Gasteiger charge is 2.32. The third kappa shape index (κ3) is 7.00. The number of fused-ring (bicyclic) bond motifs is 1. The molecule has 2 atom stereocenters. The SMILES string of the molecule is COc1ccc(CCNC(=O)CC2CN(CC3COc4ccccc4O3)CCN2c2cc(-n3ccnc3)ncn2)cc1Cl. The van der Waals surface area contributed by atoms with Gasteiger partial charge in [0.2, 0.25) is 5.91 Å². The number of benzene rings is 2. The maximum atomic E-state index is 13.2. The van der Waals surface area contributed by atoms with Gasteiger partial charge < -0.3 is 24.4 Å². The lowest BCUT2D eigenvalue weighted by molar-refractivity contribution is -0.121. The molecule has 43 heavy (non-hydrogen) atoms. The molecule has 2 aliphatic heterocycles. The summed E-state index contributed by atoms with van der Waals surface area (Å²) in [6.45, 7) is 3.85. The van der Waals surface area contributed by atoms with Gasteiger partial charge in [-0.15, -0.1) is 0 Å². The van der Waals surface area contributed by atoms with Gasteiger partial charge in [0.05, 0.1) is 18.2 Å². The average Bonchev–Trinajstić information content (AvgIpc) is 3.57. The van der Waals surface area contributed by atoms with Crippen molar-refractivity contribution in [2.75, 3.05) is 51.3 Å². The lowest BCUT2D eigenvalue weighted by Crippen LogP contribution is -2.57. The molecule has 2 aliphatic rings. The monoisotopic (exact) mass is 603 g/mol. The Hall–Kier alpha value is -4.35. The highest BCUT2D eigenvalue weighted by Crippen LogP contribution is 2.31. The Morgan fingerprint density at radius 2 is 1.98 bits per heavy atom. The lowest BCUT2D eigenvalue weighted by Gasteiger charge is -2.43. The molecular formula is C31H34ClN7O4. The van der Waals surface area contributed by atoms with Crippen LogP contribution in [0.25, 0.3) is 5.82 Å². The van der Waals surface area contributed by atoms with Crippen LogP contribution in [0.4, 0.5) is 5.82 Å². The van der Waals surface area contributed by atoms with Gasteiger partial charge >= 0.3 is 0 Å². The molecule has 0 radical (unpaired) electrons. The summed E-state index contributed by atoms with van der Waals surface area (Å²) >= 11 is 6.27. The van der Waals surface area contributed by atoms with Gasteiger partial charge in [0.15, 0.2) is 11.5 Å². The summed E-state index contributed by atoms with van der Waals surface area (Å²) in [6, 6.07) is 15.2. The molecule has 0 aliphatic carbocycles. The molecule has 1 amide bonds. The van der Waals surface area contributed by atoms with E-state index in [1.165, 1.54) is 0 Å². The number of hydrogen-bond acceptors (Lipinski definition) is 9.